The highest BCUT2D eigenvalue weighted by Gasteiger charge is 2.29. The number of anilines is 3. The number of primary amides is 1. The van der Waals surface area contributed by atoms with Gasteiger partial charge in [-0.25, -0.2) is 18.7 Å². The number of nitrogens with two attached hydrogens (primary N) is 1. The van der Waals surface area contributed by atoms with Crippen LogP contribution in [0.2, 0.25) is 0 Å². The van der Waals surface area contributed by atoms with Gasteiger partial charge in [0.1, 0.15) is 22.8 Å². The molecule has 2 aliphatic carbocycles. The molecule has 2 aliphatic rings. The Morgan fingerprint density at radius 3 is 2.51 bits per heavy atom. The number of aliphatic hydroxyl groups is 1. The molecule has 2 heterocycles. The number of aromatic nitrogens is 4. The molecule has 2 aromatic heterocycles. The molecule has 0 radical (unpaired) electrons. The predicted octanol–water partition coefficient (Wildman–Crippen LogP) is 3.78. The maximum absolute atomic E-state index is 14.4. The minimum Gasteiger partial charge on any atom is -0.393 e. The van der Waals surface area contributed by atoms with Crippen LogP contribution in [0.25, 0.3) is 11.2 Å². The Balaban J connectivity index is 1.49. The van der Waals surface area contributed by atoms with E-state index in [-0.39, 0.29) is 41.6 Å². The van der Waals surface area contributed by atoms with Crippen molar-refractivity contribution in [2.45, 2.75) is 69.6 Å². The fourth-order valence-electron chi connectivity index (χ4n) is 5.29. The largest absolute Gasteiger partial charge is 0.393 e. The summed E-state index contributed by atoms with van der Waals surface area (Å²) < 4.78 is 30.7. The first kappa shape index (κ1) is 23.4. The van der Waals surface area contributed by atoms with Gasteiger partial charge in [-0.3, -0.25) is 9.36 Å². The molecule has 0 saturated heterocycles. The van der Waals surface area contributed by atoms with Gasteiger partial charge < -0.3 is 21.5 Å². The highest BCUT2D eigenvalue weighted by atomic mass is 19.1. The Morgan fingerprint density at radius 2 is 1.86 bits per heavy atom. The zero-order valence-electron chi connectivity index (χ0n) is 19.3. The summed E-state index contributed by atoms with van der Waals surface area (Å²) >= 11 is 0. The molecule has 11 heteroatoms. The molecule has 5 N–H and O–H groups in total. The number of amides is 1. The van der Waals surface area contributed by atoms with E-state index in [1.165, 1.54) is 18.2 Å². The minimum absolute atomic E-state index is 0.0301. The van der Waals surface area contributed by atoms with Gasteiger partial charge in [-0.05, 0) is 63.0 Å². The molecule has 0 unspecified atom stereocenters. The van der Waals surface area contributed by atoms with Gasteiger partial charge in [0.15, 0.2) is 5.65 Å². The predicted molar refractivity (Wildman–Crippen MR) is 127 cm³/mol. The molecular formula is C24H29F2N7O2. The van der Waals surface area contributed by atoms with Crippen molar-refractivity contribution < 1.29 is 18.7 Å². The SMILES string of the molecule is NC(=O)C[C@H]1CC[C@@H](n2c(Nc3c(F)cccc3F)nc3cnc(N[C@H]4CC[C@H](O)C4)nc32)CC1. The van der Waals surface area contributed by atoms with Gasteiger partial charge in [-0.2, -0.15) is 4.98 Å². The number of para-hydroxylation sites is 1. The fourth-order valence-corrected chi connectivity index (χ4v) is 5.29. The summed E-state index contributed by atoms with van der Waals surface area (Å²) in [6.45, 7) is 0. The van der Waals surface area contributed by atoms with Crippen LogP contribution < -0.4 is 16.4 Å². The van der Waals surface area contributed by atoms with Crippen molar-refractivity contribution in [1.29, 1.82) is 0 Å². The average Bonchev–Trinajstić information content (AvgIpc) is 3.39. The molecule has 9 nitrogen and oxygen atoms in total. The Kier molecular flexibility index (Phi) is 6.50. The van der Waals surface area contributed by atoms with Crippen molar-refractivity contribution >= 4 is 34.7 Å². The molecule has 0 spiro atoms. The van der Waals surface area contributed by atoms with Crippen molar-refractivity contribution in [1.82, 2.24) is 19.5 Å². The fraction of sp³-hybridized carbons (Fsp3) is 0.500. The van der Waals surface area contributed by atoms with E-state index >= 15 is 0 Å². The second-order valence-electron chi connectivity index (χ2n) is 9.58. The zero-order valence-corrected chi connectivity index (χ0v) is 19.3. The molecular weight excluding hydrogens is 456 g/mol. The molecule has 0 aliphatic heterocycles. The van der Waals surface area contributed by atoms with E-state index in [9.17, 15) is 18.7 Å². The normalized spacial score (nSPS) is 24.5. The van der Waals surface area contributed by atoms with E-state index in [1.807, 2.05) is 4.57 Å². The van der Waals surface area contributed by atoms with Crippen molar-refractivity contribution in [2.75, 3.05) is 10.6 Å². The standard InChI is InChI=1S/C24H29F2N7O2/c25-17-2-1-3-18(26)21(17)31-24-30-19-12-28-23(29-14-6-9-16(34)11-14)32-22(19)33(24)15-7-4-13(5-8-15)10-20(27)35/h1-3,12-16,34H,4-11H2,(H2,27,35)(H,30,31)(H,28,29,32)/t13-,14-,15+,16-/m0/s1. The lowest BCUT2D eigenvalue weighted by molar-refractivity contribution is -0.119. The van der Waals surface area contributed by atoms with Gasteiger partial charge >= 0.3 is 0 Å². The second kappa shape index (κ2) is 9.73. The van der Waals surface area contributed by atoms with Gasteiger partial charge in [-0.15, -0.1) is 0 Å². The Morgan fingerprint density at radius 1 is 1.11 bits per heavy atom. The molecule has 5 rings (SSSR count). The number of fused-ring (bicyclic) bond motifs is 1. The first-order valence-corrected chi connectivity index (χ1v) is 12.1. The number of aliphatic hydroxyl groups excluding tert-OH is 1. The number of nitrogens with zero attached hydrogens (tertiary/aromatic N) is 4. The van der Waals surface area contributed by atoms with Crippen LogP contribution in [-0.4, -0.2) is 42.7 Å². The molecule has 1 amide bonds. The molecule has 0 bridgehead atoms. The van der Waals surface area contributed by atoms with Crippen LogP contribution in [0.5, 0.6) is 0 Å². The number of imidazole rings is 1. The smallest absolute Gasteiger partial charge is 0.224 e. The third kappa shape index (κ3) is 5.04. The summed E-state index contributed by atoms with van der Waals surface area (Å²) in [5, 5.41) is 16.0. The van der Waals surface area contributed by atoms with E-state index < -0.39 is 11.6 Å². The summed E-state index contributed by atoms with van der Waals surface area (Å²) in [6.07, 6.45) is 6.90. The average molecular weight is 486 g/mol. The van der Waals surface area contributed by atoms with Crippen LogP contribution in [0.15, 0.2) is 24.4 Å². The Labute approximate surface area is 201 Å². The summed E-state index contributed by atoms with van der Waals surface area (Å²) in [5.41, 5.74) is 6.16. The third-order valence-electron chi connectivity index (χ3n) is 7.04. The lowest BCUT2D eigenvalue weighted by Gasteiger charge is -2.30. The highest BCUT2D eigenvalue weighted by Crippen LogP contribution is 2.38. The number of hydrogen-bond acceptors (Lipinski definition) is 7. The maximum Gasteiger partial charge on any atom is 0.224 e. The molecule has 1 aromatic carbocycles. The Hall–Kier alpha value is -3.34. The minimum atomic E-state index is -0.720. The number of nitrogens with one attached hydrogen (secondary N) is 2. The summed E-state index contributed by atoms with van der Waals surface area (Å²) in [6, 6.07) is 3.73. The van der Waals surface area contributed by atoms with E-state index in [0.29, 0.717) is 30.0 Å². The first-order chi connectivity index (χ1) is 16.9. The molecule has 2 atom stereocenters. The number of halogens is 2. The van der Waals surface area contributed by atoms with Gasteiger partial charge in [0.25, 0.3) is 0 Å². The van der Waals surface area contributed by atoms with Gasteiger partial charge in [0.05, 0.1) is 12.3 Å². The van der Waals surface area contributed by atoms with Crippen molar-refractivity contribution in [3.63, 3.8) is 0 Å². The van der Waals surface area contributed by atoms with Crippen LogP contribution in [0.3, 0.4) is 0 Å². The number of rotatable bonds is 7. The number of hydrogen-bond donors (Lipinski definition) is 4. The monoisotopic (exact) mass is 485 g/mol. The quantitative estimate of drug-likeness (QED) is 0.401. The zero-order chi connectivity index (χ0) is 24.5. The lowest BCUT2D eigenvalue weighted by Crippen LogP contribution is -2.24. The van der Waals surface area contributed by atoms with Crippen molar-refractivity contribution in [2.24, 2.45) is 11.7 Å². The number of carbonyl (C=O) groups excluding carboxylic acids is 1. The topological polar surface area (TPSA) is 131 Å². The van der Waals surface area contributed by atoms with Crippen LogP contribution in [0.1, 0.15) is 57.4 Å². The first-order valence-electron chi connectivity index (χ1n) is 12.1. The maximum atomic E-state index is 14.4. The van der Waals surface area contributed by atoms with Crippen molar-refractivity contribution in [3.8, 4) is 0 Å². The van der Waals surface area contributed by atoms with E-state index in [0.717, 1.165) is 38.5 Å². The number of carbonyl (C=O) groups is 1. The van der Waals surface area contributed by atoms with E-state index in [2.05, 4.69) is 20.6 Å². The van der Waals surface area contributed by atoms with Crippen LogP contribution in [0.4, 0.5) is 26.4 Å². The molecule has 2 saturated carbocycles. The van der Waals surface area contributed by atoms with Gasteiger partial charge in [-0.1, -0.05) is 6.07 Å². The van der Waals surface area contributed by atoms with E-state index in [4.69, 9.17) is 10.7 Å². The third-order valence-corrected chi connectivity index (χ3v) is 7.04. The summed E-state index contributed by atoms with van der Waals surface area (Å²) in [5.74, 6) is -0.822. The summed E-state index contributed by atoms with van der Waals surface area (Å²) in [4.78, 5) is 25.0. The Bertz CT molecular complexity index is 1210. The van der Waals surface area contributed by atoms with Crippen LogP contribution in [0, 0.1) is 17.6 Å². The van der Waals surface area contributed by atoms with Gasteiger partial charge in [0, 0.05) is 18.5 Å². The number of benzene rings is 1. The van der Waals surface area contributed by atoms with E-state index in [1.54, 1.807) is 6.20 Å². The van der Waals surface area contributed by atoms with Crippen LogP contribution >= 0.6 is 0 Å². The molecule has 35 heavy (non-hydrogen) atoms. The summed E-state index contributed by atoms with van der Waals surface area (Å²) in [7, 11) is 0. The lowest BCUT2D eigenvalue weighted by atomic mass is 9.84. The molecule has 3 aromatic rings. The molecule has 186 valence electrons. The second-order valence-corrected chi connectivity index (χ2v) is 9.58. The molecule has 2 fully saturated rings. The van der Waals surface area contributed by atoms with Crippen LogP contribution in [-0.2, 0) is 4.79 Å². The highest BCUT2D eigenvalue weighted by molar-refractivity contribution is 5.77. The van der Waals surface area contributed by atoms with Crippen molar-refractivity contribution in [3.05, 3.63) is 36.0 Å². The van der Waals surface area contributed by atoms with Gasteiger partial charge in [0.2, 0.25) is 17.8 Å².